The van der Waals surface area contributed by atoms with Crippen molar-refractivity contribution in [3.8, 4) is 5.75 Å². The lowest BCUT2D eigenvalue weighted by Crippen LogP contribution is -2.41. The first-order valence-electron chi connectivity index (χ1n) is 6.51. The molecule has 1 aromatic carbocycles. The van der Waals surface area contributed by atoms with Gasteiger partial charge in [-0.2, -0.15) is 0 Å². The van der Waals surface area contributed by atoms with Crippen molar-refractivity contribution in [1.82, 2.24) is 5.32 Å². The predicted octanol–water partition coefficient (Wildman–Crippen LogP) is 1.25. The molecular weight excluding hydrogens is 244 g/mol. The molecule has 104 valence electrons. The van der Waals surface area contributed by atoms with Gasteiger partial charge in [-0.3, -0.25) is 4.79 Å². The average molecular weight is 264 g/mol. The third kappa shape index (κ3) is 4.13. The number of carbonyl (C=O) groups is 1. The minimum Gasteiger partial charge on any atom is -0.484 e. The molecule has 0 aliphatic carbocycles. The van der Waals surface area contributed by atoms with Gasteiger partial charge in [-0.25, -0.2) is 0 Å². The highest BCUT2D eigenvalue weighted by Gasteiger charge is 2.16. The molecule has 1 saturated heterocycles. The smallest absolute Gasteiger partial charge is 0.258 e. The molecular formula is C14H20N2O3. The molecule has 0 atom stereocenters. The van der Waals surface area contributed by atoms with Crippen LogP contribution in [0.3, 0.4) is 0 Å². The predicted molar refractivity (Wildman–Crippen MR) is 73.1 cm³/mol. The van der Waals surface area contributed by atoms with Gasteiger partial charge in [0.05, 0.1) is 0 Å². The lowest BCUT2D eigenvalue weighted by atomic mass is 10.1. The number of anilines is 1. The second kappa shape index (κ2) is 6.43. The molecule has 1 aliphatic rings. The van der Waals surface area contributed by atoms with Gasteiger partial charge in [0.15, 0.2) is 6.61 Å². The first kappa shape index (κ1) is 13.7. The number of benzene rings is 1. The van der Waals surface area contributed by atoms with Crippen LogP contribution in [0.1, 0.15) is 18.4 Å². The molecule has 3 N–H and O–H groups in total. The van der Waals surface area contributed by atoms with Crippen molar-refractivity contribution >= 4 is 11.6 Å². The molecule has 2 rings (SSSR count). The van der Waals surface area contributed by atoms with Crippen LogP contribution in [0, 0.1) is 6.92 Å². The number of amides is 1. The van der Waals surface area contributed by atoms with E-state index in [2.05, 4.69) is 5.32 Å². The van der Waals surface area contributed by atoms with E-state index in [1.807, 2.05) is 13.0 Å². The molecule has 1 heterocycles. The number of nitrogen functional groups attached to an aromatic ring is 1. The third-order valence-electron chi connectivity index (χ3n) is 3.20. The Morgan fingerprint density at radius 3 is 2.89 bits per heavy atom. The second-order valence-electron chi connectivity index (χ2n) is 4.76. The van der Waals surface area contributed by atoms with E-state index in [4.69, 9.17) is 15.2 Å². The largest absolute Gasteiger partial charge is 0.484 e. The summed E-state index contributed by atoms with van der Waals surface area (Å²) >= 11 is 0. The number of nitrogens with one attached hydrogen (secondary N) is 1. The van der Waals surface area contributed by atoms with E-state index in [1.54, 1.807) is 12.1 Å². The van der Waals surface area contributed by atoms with Crippen molar-refractivity contribution in [3.05, 3.63) is 23.8 Å². The topological polar surface area (TPSA) is 73.6 Å². The number of aryl methyl sites for hydroxylation is 1. The van der Waals surface area contributed by atoms with Crippen molar-refractivity contribution in [2.24, 2.45) is 0 Å². The highest BCUT2D eigenvalue weighted by atomic mass is 16.5. The fourth-order valence-corrected chi connectivity index (χ4v) is 2.00. The summed E-state index contributed by atoms with van der Waals surface area (Å²) in [5, 5.41) is 2.95. The van der Waals surface area contributed by atoms with Crippen molar-refractivity contribution in [2.75, 3.05) is 25.6 Å². The number of nitrogens with two attached hydrogens (primary N) is 1. The van der Waals surface area contributed by atoms with E-state index in [9.17, 15) is 4.79 Å². The van der Waals surface area contributed by atoms with Crippen molar-refractivity contribution < 1.29 is 14.3 Å². The van der Waals surface area contributed by atoms with Gasteiger partial charge < -0.3 is 20.5 Å². The number of rotatable bonds is 4. The highest BCUT2D eigenvalue weighted by Crippen LogP contribution is 2.18. The van der Waals surface area contributed by atoms with E-state index >= 15 is 0 Å². The molecule has 0 aromatic heterocycles. The van der Waals surface area contributed by atoms with Crippen LogP contribution in [0.15, 0.2) is 18.2 Å². The Morgan fingerprint density at radius 1 is 1.47 bits per heavy atom. The molecule has 5 heteroatoms. The molecule has 0 saturated carbocycles. The summed E-state index contributed by atoms with van der Waals surface area (Å²) in [4.78, 5) is 11.7. The Morgan fingerprint density at radius 2 is 2.21 bits per heavy atom. The summed E-state index contributed by atoms with van der Waals surface area (Å²) in [6.07, 6.45) is 1.74. The van der Waals surface area contributed by atoms with Gasteiger partial charge >= 0.3 is 0 Å². The van der Waals surface area contributed by atoms with Gasteiger partial charge in [0.25, 0.3) is 5.91 Å². The fraction of sp³-hybridized carbons (Fsp3) is 0.500. The van der Waals surface area contributed by atoms with Crippen LogP contribution in [0.4, 0.5) is 5.69 Å². The first-order chi connectivity index (χ1) is 9.15. The van der Waals surface area contributed by atoms with Gasteiger partial charge in [-0.1, -0.05) is 0 Å². The summed E-state index contributed by atoms with van der Waals surface area (Å²) in [6.45, 7) is 3.36. The Hall–Kier alpha value is -1.75. The van der Waals surface area contributed by atoms with E-state index in [1.165, 1.54) is 0 Å². The Balaban J connectivity index is 1.77. The highest BCUT2D eigenvalue weighted by molar-refractivity contribution is 5.77. The summed E-state index contributed by atoms with van der Waals surface area (Å²) in [5.74, 6) is 0.565. The van der Waals surface area contributed by atoms with E-state index in [0.717, 1.165) is 24.1 Å². The fourth-order valence-electron chi connectivity index (χ4n) is 2.00. The normalized spacial score (nSPS) is 16.1. The van der Waals surface area contributed by atoms with Gasteiger partial charge in [-0.15, -0.1) is 0 Å². The summed E-state index contributed by atoms with van der Waals surface area (Å²) < 4.78 is 10.7. The molecule has 1 amide bonds. The van der Waals surface area contributed by atoms with Crippen molar-refractivity contribution in [1.29, 1.82) is 0 Å². The van der Waals surface area contributed by atoms with Crippen LogP contribution >= 0.6 is 0 Å². The van der Waals surface area contributed by atoms with Crippen LogP contribution in [0.5, 0.6) is 5.75 Å². The van der Waals surface area contributed by atoms with Gasteiger partial charge in [0.2, 0.25) is 0 Å². The van der Waals surface area contributed by atoms with Crippen LogP contribution in [-0.2, 0) is 9.53 Å². The standard InChI is InChI=1S/C14H20N2O3/c1-10-8-12(2-3-13(10)15)19-9-14(17)16-11-4-6-18-7-5-11/h2-3,8,11H,4-7,9,15H2,1H3,(H,16,17). The summed E-state index contributed by atoms with van der Waals surface area (Å²) in [5.41, 5.74) is 7.39. The van der Waals surface area contributed by atoms with Gasteiger partial charge in [-0.05, 0) is 43.5 Å². The molecule has 5 nitrogen and oxygen atoms in total. The zero-order valence-corrected chi connectivity index (χ0v) is 11.1. The molecule has 0 spiro atoms. The van der Waals surface area contributed by atoms with Crippen molar-refractivity contribution in [3.63, 3.8) is 0 Å². The Bertz CT molecular complexity index is 442. The maximum atomic E-state index is 11.7. The average Bonchev–Trinajstić information content (AvgIpc) is 2.41. The zero-order chi connectivity index (χ0) is 13.7. The molecule has 1 aliphatic heterocycles. The molecule has 0 radical (unpaired) electrons. The van der Waals surface area contributed by atoms with E-state index < -0.39 is 0 Å². The first-order valence-corrected chi connectivity index (χ1v) is 6.51. The summed E-state index contributed by atoms with van der Waals surface area (Å²) in [7, 11) is 0. The molecule has 1 aromatic rings. The van der Waals surface area contributed by atoms with Crippen LogP contribution in [-0.4, -0.2) is 31.8 Å². The van der Waals surface area contributed by atoms with E-state index in [0.29, 0.717) is 19.0 Å². The quantitative estimate of drug-likeness (QED) is 0.803. The Kier molecular flexibility index (Phi) is 4.63. The van der Waals surface area contributed by atoms with Crippen LogP contribution < -0.4 is 15.8 Å². The molecule has 19 heavy (non-hydrogen) atoms. The maximum Gasteiger partial charge on any atom is 0.258 e. The maximum absolute atomic E-state index is 11.7. The second-order valence-corrected chi connectivity index (χ2v) is 4.76. The van der Waals surface area contributed by atoms with Crippen LogP contribution in [0.2, 0.25) is 0 Å². The number of hydrogen-bond acceptors (Lipinski definition) is 4. The minimum atomic E-state index is -0.0959. The minimum absolute atomic E-state index is 0.0285. The number of carbonyl (C=O) groups excluding carboxylic acids is 1. The van der Waals surface area contributed by atoms with Crippen LogP contribution in [0.25, 0.3) is 0 Å². The Labute approximate surface area is 113 Å². The SMILES string of the molecule is Cc1cc(OCC(=O)NC2CCOCC2)ccc1N. The summed E-state index contributed by atoms with van der Waals surface area (Å²) in [6, 6.07) is 5.58. The van der Waals surface area contributed by atoms with E-state index in [-0.39, 0.29) is 18.6 Å². The number of ether oxygens (including phenoxy) is 2. The van der Waals surface area contributed by atoms with Gasteiger partial charge in [0.1, 0.15) is 5.75 Å². The lowest BCUT2D eigenvalue weighted by Gasteiger charge is -2.23. The molecule has 0 unspecified atom stereocenters. The zero-order valence-electron chi connectivity index (χ0n) is 11.1. The van der Waals surface area contributed by atoms with Crippen molar-refractivity contribution in [2.45, 2.75) is 25.8 Å². The third-order valence-corrected chi connectivity index (χ3v) is 3.20. The number of hydrogen-bond donors (Lipinski definition) is 2. The monoisotopic (exact) mass is 264 g/mol. The molecule has 1 fully saturated rings. The molecule has 0 bridgehead atoms. The lowest BCUT2D eigenvalue weighted by molar-refractivity contribution is -0.124. The van der Waals surface area contributed by atoms with Gasteiger partial charge in [0, 0.05) is 24.9 Å².